The number of carbonyl (C=O) groups is 1. The van der Waals surface area contributed by atoms with E-state index in [4.69, 9.17) is 26.3 Å². The molecule has 0 unspecified atom stereocenters. The summed E-state index contributed by atoms with van der Waals surface area (Å²) >= 11 is 6.17. The minimum atomic E-state index is -1.07. The van der Waals surface area contributed by atoms with Crippen LogP contribution in [0, 0.1) is 0 Å². The number of benzene rings is 2. The number of rotatable bonds is 8. The van der Waals surface area contributed by atoms with Crippen LogP contribution in [0.2, 0.25) is 5.02 Å². The monoisotopic (exact) mass is 386 g/mol. The summed E-state index contributed by atoms with van der Waals surface area (Å²) in [5, 5.41) is 13.9. The lowest BCUT2D eigenvalue weighted by atomic mass is 10.2. The number of aliphatic carboxylic acids is 1. The molecule has 0 amide bonds. The molecule has 0 spiro atoms. The highest BCUT2D eigenvalue weighted by Crippen LogP contribution is 2.26. The van der Waals surface area contributed by atoms with Crippen molar-refractivity contribution in [1.82, 2.24) is 4.57 Å². The van der Waals surface area contributed by atoms with Gasteiger partial charge in [0, 0.05) is 39.8 Å². The molecule has 0 fully saturated rings. The number of aromatic nitrogens is 1. The lowest BCUT2D eigenvalue weighted by Gasteiger charge is -2.08. The first-order chi connectivity index (χ1) is 13.1. The van der Waals surface area contributed by atoms with Crippen molar-refractivity contribution in [2.45, 2.75) is 20.1 Å². The van der Waals surface area contributed by atoms with Gasteiger partial charge in [0.1, 0.15) is 12.4 Å². The first-order valence-corrected chi connectivity index (χ1v) is 8.82. The fourth-order valence-electron chi connectivity index (χ4n) is 2.72. The van der Waals surface area contributed by atoms with E-state index in [0.717, 1.165) is 28.6 Å². The third-order valence-corrected chi connectivity index (χ3v) is 4.40. The zero-order valence-electron chi connectivity index (χ0n) is 14.8. The minimum absolute atomic E-state index is 0.366. The zero-order chi connectivity index (χ0) is 19.2. The highest BCUT2D eigenvalue weighted by molar-refractivity contribution is 6.31. The average Bonchev–Trinajstić information content (AvgIpc) is 3.01. The fraction of sp³-hybridized carbons (Fsp3) is 0.200. The predicted molar refractivity (Wildman–Crippen MR) is 105 cm³/mol. The van der Waals surface area contributed by atoms with Gasteiger partial charge in [0.05, 0.1) is 6.21 Å². The number of carboxylic acid groups (broad SMARTS) is 1. The fourth-order valence-corrected chi connectivity index (χ4v) is 2.91. The third-order valence-electron chi connectivity index (χ3n) is 4.03. The lowest BCUT2D eigenvalue weighted by Crippen LogP contribution is -2.03. The molecule has 0 radical (unpaired) electrons. The molecule has 0 aliphatic heterocycles. The van der Waals surface area contributed by atoms with Crippen molar-refractivity contribution >= 4 is 34.7 Å². The summed E-state index contributed by atoms with van der Waals surface area (Å²) < 4.78 is 7.96. The minimum Gasteiger partial charge on any atom is -0.489 e. The summed E-state index contributed by atoms with van der Waals surface area (Å²) in [6.45, 7) is 2.73. The Hall–Kier alpha value is -2.99. The summed E-state index contributed by atoms with van der Waals surface area (Å²) in [4.78, 5) is 15.3. The van der Waals surface area contributed by atoms with E-state index in [1.165, 1.54) is 6.21 Å². The number of hydrogen-bond donors (Lipinski definition) is 1. The van der Waals surface area contributed by atoms with Crippen LogP contribution in [0.3, 0.4) is 0 Å². The number of aryl methyl sites for hydroxylation is 1. The standard InChI is InChI=1S/C20H19ClN2O4/c1-2-23-11-15(10-22-27-13-20(24)25)17-9-16(7-8-19(17)23)26-12-14-5-3-4-6-18(14)21/h3-11H,2,12-13H2,1H3,(H,24,25)/b22-10+. The Kier molecular flexibility index (Phi) is 5.98. The van der Waals surface area contributed by atoms with E-state index in [9.17, 15) is 4.79 Å². The van der Waals surface area contributed by atoms with Crippen LogP contribution in [-0.4, -0.2) is 28.5 Å². The van der Waals surface area contributed by atoms with E-state index in [1.807, 2.05) is 55.6 Å². The Morgan fingerprint density at radius 2 is 2.11 bits per heavy atom. The molecule has 1 N–H and O–H groups in total. The molecule has 7 heteroatoms. The van der Waals surface area contributed by atoms with Crippen molar-refractivity contribution in [3.05, 3.63) is 64.8 Å². The third kappa shape index (κ3) is 4.60. The molecule has 0 saturated carbocycles. The van der Waals surface area contributed by atoms with E-state index < -0.39 is 12.6 Å². The summed E-state index contributed by atoms with van der Waals surface area (Å²) in [5.74, 6) is -0.365. The van der Waals surface area contributed by atoms with Crippen LogP contribution in [0.25, 0.3) is 10.9 Å². The van der Waals surface area contributed by atoms with Crippen LogP contribution < -0.4 is 4.74 Å². The second-order valence-corrected chi connectivity index (χ2v) is 6.24. The van der Waals surface area contributed by atoms with Gasteiger partial charge in [-0.2, -0.15) is 0 Å². The number of halogens is 1. The topological polar surface area (TPSA) is 73.1 Å². The van der Waals surface area contributed by atoms with Gasteiger partial charge < -0.3 is 19.2 Å². The molecular weight excluding hydrogens is 368 g/mol. The summed E-state index contributed by atoms with van der Waals surface area (Å²) in [6, 6.07) is 13.4. The number of ether oxygens (including phenoxy) is 1. The predicted octanol–water partition coefficient (Wildman–Crippen LogP) is 4.33. The van der Waals surface area contributed by atoms with Crippen molar-refractivity contribution in [2.24, 2.45) is 5.16 Å². The van der Waals surface area contributed by atoms with Crippen molar-refractivity contribution in [3.63, 3.8) is 0 Å². The molecular formula is C20H19ClN2O4. The van der Waals surface area contributed by atoms with Gasteiger partial charge in [-0.15, -0.1) is 0 Å². The molecule has 1 aromatic heterocycles. The maximum atomic E-state index is 10.5. The summed E-state index contributed by atoms with van der Waals surface area (Å²) in [5.41, 5.74) is 2.76. The lowest BCUT2D eigenvalue weighted by molar-refractivity contribution is -0.142. The van der Waals surface area contributed by atoms with Gasteiger partial charge in [-0.3, -0.25) is 0 Å². The van der Waals surface area contributed by atoms with Gasteiger partial charge in [0.25, 0.3) is 0 Å². The van der Waals surface area contributed by atoms with Crippen molar-refractivity contribution < 1.29 is 19.5 Å². The molecule has 140 valence electrons. The highest BCUT2D eigenvalue weighted by Gasteiger charge is 2.09. The van der Waals surface area contributed by atoms with E-state index in [0.29, 0.717) is 17.4 Å². The number of carboxylic acids is 1. The smallest absolute Gasteiger partial charge is 0.344 e. The highest BCUT2D eigenvalue weighted by atomic mass is 35.5. The molecule has 0 aliphatic rings. The van der Waals surface area contributed by atoms with Crippen LogP contribution in [0.5, 0.6) is 5.75 Å². The first-order valence-electron chi connectivity index (χ1n) is 8.44. The zero-order valence-corrected chi connectivity index (χ0v) is 15.5. The largest absolute Gasteiger partial charge is 0.489 e. The molecule has 0 aliphatic carbocycles. The van der Waals surface area contributed by atoms with Gasteiger partial charge >= 0.3 is 5.97 Å². The molecule has 0 bridgehead atoms. The molecule has 1 heterocycles. The average molecular weight is 387 g/mol. The number of fused-ring (bicyclic) bond motifs is 1. The van der Waals surface area contributed by atoms with E-state index in [2.05, 4.69) is 9.72 Å². The van der Waals surface area contributed by atoms with Crippen molar-refractivity contribution in [2.75, 3.05) is 6.61 Å². The first kappa shape index (κ1) is 18.8. The SMILES string of the molecule is CCn1cc(/C=N/OCC(=O)O)c2cc(OCc3ccccc3Cl)ccc21. The molecule has 2 aromatic carbocycles. The Labute approximate surface area is 161 Å². The number of hydrogen-bond acceptors (Lipinski definition) is 4. The van der Waals surface area contributed by atoms with E-state index in [-0.39, 0.29) is 0 Å². The summed E-state index contributed by atoms with van der Waals surface area (Å²) in [7, 11) is 0. The second-order valence-electron chi connectivity index (χ2n) is 5.83. The summed E-state index contributed by atoms with van der Waals surface area (Å²) in [6.07, 6.45) is 3.45. The van der Waals surface area contributed by atoms with E-state index >= 15 is 0 Å². The van der Waals surface area contributed by atoms with Gasteiger partial charge in [-0.05, 0) is 31.2 Å². The maximum absolute atomic E-state index is 10.5. The van der Waals surface area contributed by atoms with Crippen molar-refractivity contribution in [1.29, 1.82) is 0 Å². The van der Waals surface area contributed by atoms with Gasteiger partial charge in [0.2, 0.25) is 6.61 Å². The van der Waals surface area contributed by atoms with E-state index in [1.54, 1.807) is 0 Å². The molecule has 27 heavy (non-hydrogen) atoms. The van der Waals surface area contributed by atoms with Gasteiger partial charge in [-0.25, -0.2) is 4.79 Å². The Bertz CT molecular complexity index is 981. The normalized spacial score (nSPS) is 11.2. The molecule has 0 saturated heterocycles. The Morgan fingerprint density at radius 1 is 1.30 bits per heavy atom. The van der Waals surface area contributed by atoms with Crippen LogP contribution in [-0.2, 0) is 22.8 Å². The van der Waals surface area contributed by atoms with Crippen LogP contribution in [0.4, 0.5) is 0 Å². The van der Waals surface area contributed by atoms with Gasteiger partial charge in [0.15, 0.2) is 0 Å². The molecule has 3 aromatic rings. The molecule has 0 atom stereocenters. The second kappa shape index (κ2) is 8.60. The van der Waals surface area contributed by atoms with Gasteiger partial charge in [-0.1, -0.05) is 35.0 Å². The van der Waals surface area contributed by atoms with Crippen molar-refractivity contribution in [3.8, 4) is 5.75 Å². The Morgan fingerprint density at radius 3 is 2.85 bits per heavy atom. The van der Waals surface area contributed by atoms with Crippen LogP contribution >= 0.6 is 11.6 Å². The molecule has 6 nitrogen and oxygen atoms in total. The van der Waals surface area contributed by atoms with Crippen LogP contribution in [0.15, 0.2) is 53.8 Å². The van der Waals surface area contributed by atoms with Crippen LogP contribution in [0.1, 0.15) is 18.1 Å². The quantitative estimate of drug-likeness (QED) is 0.462. The Balaban J connectivity index is 1.83. The molecule has 3 rings (SSSR count). The number of nitrogens with zero attached hydrogens (tertiary/aromatic N) is 2. The maximum Gasteiger partial charge on any atom is 0.344 e. The number of oxime groups is 1.